The first-order valence-corrected chi connectivity index (χ1v) is 11.3. The summed E-state index contributed by atoms with van der Waals surface area (Å²) in [5, 5.41) is 12.7. The van der Waals surface area contributed by atoms with Crippen LogP contribution in [0.4, 0.5) is 16.3 Å². The largest absolute Gasteiger partial charge is 0.497 e. The predicted octanol–water partition coefficient (Wildman–Crippen LogP) is 3.35. The summed E-state index contributed by atoms with van der Waals surface area (Å²) in [6.07, 6.45) is 1.02. The molecule has 3 amide bonds. The van der Waals surface area contributed by atoms with Gasteiger partial charge in [-0.25, -0.2) is 15.3 Å². The highest BCUT2D eigenvalue weighted by molar-refractivity contribution is 5.95. The van der Waals surface area contributed by atoms with E-state index in [2.05, 4.69) is 22.3 Å². The highest BCUT2D eigenvalue weighted by atomic mass is 16.5. The van der Waals surface area contributed by atoms with Crippen molar-refractivity contribution in [2.24, 2.45) is 11.8 Å². The maximum absolute atomic E-state index is 12.8. The number of anilines is 2. The molecular formula is C25H27N5O4. The molecule has 2 atom stereocenters. The SMILES string of the molecule is COc1ccc2nc(N3CCC4CN(C(=O)Nc5ccc(C(=O)NO)cc5)CC4C3)ccc2c1. The summed E-state index contributed by atoms with van der Waals surface area (Å²) < 4.78 is 5.30. The van der Waals surface area contributed by atoms with E-state index >= 15 is 0 Å². The number of carbonyl (C=O) groups excluding carboxylic acids is 2. The Morgan fingerprint density at radius 3 is 2.59 bits per heavy atom. The Balaban J connectivity index is 1.21. The van der Waals surface area contributed by atoms with Gasteiger partial charge in [-0.1, -0.05) is 0 Å². The van der Waals surface area contributed by atoms with Gasteiger partial charge in [0.25, 0.3) is 5.91 Å². The predicted molar refractivity (Wildman–Crippen MR) is 128 cm³/mol. The van der Waals surface area contributed by atoms with Crippen molar-refractivity contribution < 1.29 is 19.5 Å². The van der Waals surface area contributed by atoms with Gasteiger partial charge >= 0.3 is 6.03 Å². The Bertz CT molecular complexity index is 1220. The summed E-state index contributed by atoms with van der Waals surface area (Å²) in [6, 6.07) is 16.3. The fraction of sp³-hybridized carbons (Fsp3) is 0.320. The number of hydroxylamine groups is 1. The number of amides is 3. The highest BCUT2D eigenvalue weighted by Crippen LogP contribution is 2.34. The number of aromatic nitrogens is 1. The molecule has 0 aliphatic carbocycles. The lowest BCUT2D eigenvalue weighted by atomic mass is 9.89. The van der Waals surface area contributed by atoms with Gasteiger partial charge < -0.3 is 19.9 Å². The molecule has 3 aromatic rings. The van der Waals surface area contributed by atoms with Crippen molar-refractivity contribution in [3.8, 4) is 5.75 Å². The first-order chi connectivity index (χ1) is 16.5. The molecule has 5 rings (SSSR count). The number of pyridine rings is 1. The second-order valence-corrected chi connectivity index (χ2v) is 8.84. The molecule has 3 N–H and O–H groups in total. The minimum Gasteiger partial charge on any atom is -0.497 e. The molecule has 2 unspecified atom stereocenters. The number of fused-ring (bicyclic) bond motifs is 2. The normalized spacial score (nSPS) is 19.6. The summed E-state index contributed by atoms with van der Waals surface area (Å²) in [5.74, 6) is 2.06. The summed E-state index contributed by atoms with van der Waals surface area (Å²) in [6.45, 7) is 3.22. The minimum absolute atomic E-state index is 0.141. The van der Waals surface area contributed by atoms with Crippen LogP contribution in [0.1, 0.15) is 16.8 Å². The first-order valence-electron chi connectivity index (χ1n) is 11.3. The molecule has 0 spiro atoms. The lowest BCUT2D eigenvalue weighted by Gasteiger charge is -2.35. The zero-order valence-corrected chi connectivity index (χ0v) is 18.9. The third kappa shape index (κ3) is 4.34. The van der Waals surface area contributed by atoms with Gasteiger partial charge in [0.15, 0.2) is 0 Å². The number of methoxy groups -OCH3 is 1. The zero-order valence-electron chi connectivity index (χ0n) is 18.9. The van der Waals surface area contributed by atoms with E-state index < -0.39 is 5.91 Å². The Kier molecular flexibility index (Phi) is 5.93. The van der Waals surface area contributed by atoms with E-state index in [4.69, 9.17) is 14.9 Å². The molecule has 176 valence electrons. The van der Waals surface area contributed by atoms with Crippen LogP contribution in [0, 0.1) is 11.8 Å². The average Bonchev–Trinajstić information content (AvgIpc) is 3.32. The zero-order chi connectivity index (χ0) is 23.7. The molecule has 3 heterocycles. The second kappa shape index (κ2) is 9.18. The van der Waals surface area contributed by atoms with E-state index in [1.54, 1.807) is 36.9 Å². The Labute approximate surface area is 197 Å². The van der Waals surface area contributed by atoms with Crippen molar-refractivity contribution in [1.29, 1.82) is 0 Å². The number of rotatable bonds is 4. The fourth-order valence-corrected chi connectivity index (χ4v) is 4.91. The van der Waals surface area contributed by atoms with Gasteiger partial charge in [-0.05, 0) is 72.9 Å². The molecular weight excluding hydrogens is 434 g/mol. The van der Waals surface area contributed by atoms with Crippen LogP contribution in [-0.2, 0) is 0 Å². The number of hydrogen-bond donors (Lipinski definition) is 3. The minimum atomic E-state index is -0.591. The molecule has 9 heteroatoms. The van der Waals surface area contributed by atoms with Crippen molar-refractivity contribution in [1.82, 2.24) is 15.4 Å². The molecule has 9 nitrogen and oxygen atoms in total. The quantitative estimate of drug-likeness (QED) is 0.406. The molecule has 2 aliphatic heterocycles. The van der Waals surface area contributed by atoms with E-state index in [0.717, 1.165) is 48.5 Å². The monoisotopic (exact) mass is 461 g/mol. The van der Waals surface area contributed by atoms with Crippen LogP contribution < -0.4 is 20.4 Å². The smallest absolute Gasteiger partial charge is 0.321 e. The highest BCUT2D eigenvalue weighted by Gasteiger charge is 2.39. The third-order valence-corrected chi connectivity index (χ3v) is 6.79. The summed E-state index contributed by atoms with van der Waals surface area (Å²) in [5.41, 5.74) is 3.45. The van der Waals surface area contributed by atoms with E-state index in [-0.39, 0.29) is 6.03 Å². The van der Waals surface area contributed by atoms with E-state index in [1.165, 1.54) is 0 Å². The van der Waals surface area contributed by atoms with Gasteiger partial charge in [-0.3, -0.25) is 10.0 Å². The second-order valence-electron chi connectivity index (χ2n) is 8.84. The summed E-state index contributed by atoms with van der Waals surface area (Å²) in [7, 11) is 1.66. The number of nitrogens with one attached hydrogen (secondary N) is 2. The lowest BCUT2D eigenvalue weighted by Crippen LogP contribution is -2.40. The summed E-state index contributed by atoms with van der Waals surface area (Å²) >= 11 is 0. The molecule has 0 bridgehead atoms. The number of benzene rings is 2. The van der Waals surface area contributed by atoms with Gasteiger partial charge in [-0.15, -0.1) is 0 Å². The van der Waals surface area contributed by atoms with Crippen molar-refractivity contribution in [2.75, 3.05) is 43.5 Å². The number of nitrogens with zero attached hydrogens (tertiary/aromatic N) is 3. The topological polar surface area (TPSA) is 107 Å². The van der Waals surface area contributed by atoms with Crippen LogP contribution in [0.15, 0.2) is 54.6 Å². The van der Waals surface area contributed by atoms with Crippen molar-refractivity contribution in [3.05, 3.63) is 60.2 Å². The van der Waals surface area contributed by atoms with Gasteiger partial charge in [0.2, 0.25) is 0 Å². The molecule has 2 saturated heterocycles. The third-order valence-electron chi connectivity index (χ3n) is 6.79. The van der Waals surface area contributed by atoms with Gasteiger partial charge in [0.05, 0.1) is 12.6 Å². The molecule has 2 fully saturated rings. The molecule has 0 radical (unpaired) electrons. The molecule has 0 saturated carbocycles. The molecule has 2 aromatic carbocycles. The Hall–Kier alpha value is -3.85. The Morgan fingerprint density at radius 1 is 1.03 bits per heavy atom. The van der Waals surface area contributed by atoms with E-state index in [1.807, 2.05) is 23.1 Å². The van der Waals surface area contributed by atoms with Gasteiger partial charge in [0, 0.05) is 42.8 Å². The van der Waals surface area contributed by atoms with Crippen molar-refractivity contribution >= 4 is 34.3 Å². The van der Waals surface area contributed by atoms with Gasteiger partial charge in [-0.2, -0.15) is 0 Å². The van der Waals surface area contributed by atoms with Crippen LogP contribution in [0.25, 0.3) is 10.9 Å². The number of carbonyl (C=O) groups is 2. The van der Waals surface area contributed by atoms with Crippen LogP contribution in [-0.4, -0.2) is 60.3 Å². The standard InChI is InChI=1S/C25H27N5O4/c1-34-21-7-8-22-17(12-21)4-9-23(27-22)29-11-10-18-13-30(15-19(18)14-29)25(32)26-20-5-2-16(3-6-20)24(31)28-33/h2-9,12,18-19,33H,10-11,13-15H2,1H3,(H,26,32)(H,28,31). The average molecular weight is 462 g/mol. The van der Waals surface area contributed by atoms with Crippen molar-refractivity contribution in [2.45, 2.75) is 6.42 Å². The van der Waals surface area contributed by atoms with E-state index in [0.29, 0.717) is 29.6 Å². The molecule has 2 aliphatic rings. The number of hydrogen-bond acceptors (Lipinski definition) is 6. The number of piperidine rings is 1. The number of likely N-dealkylation sites (tertiary alicyclic amines) is 1. The van der Waals surface area contributed by atoms with Crippen molar-refractivity contribution in [3.63, 3.8) is 0 Å². The van der Waals surface area contributed by atoms with Crippen LogP contribution in [0.3, 0.4) is 0 Å². The van der Waals surface area contributed by atoms with E-state index in [9.17, 15) is 9.59 Å². The maximum atomic E-state index is 12.8. The van der Waals surface area contributed by atoms with Crippen LogP contribution >= 0.6 is 0 Å². The lowest BCUT2D eigenvalue weighted by molar-refractivity contribution is 0.0706. The van der Waals surface area contributed by atoms with Gasteiger partial charge in [0.1, 0.15) is 11.6 Å². The van der Waals surface area contributed by atoms with Crippen LogP contribution in [0.5, 0.6) is 5.75 Å². The first kappa shape index (κ1) is 22.0. The maximum Gasteiger partial charge on any atom is 0.321 e. The molecule has 34 heavy (non-hydrogen) atoms. The summed E-state index contributed by atoms with van der Waals surface area (Å²) in [4.78, 5) is 33.3. The number of urea groups is 1. The number of ether oxygens (including phenoxy) is 1. The Morgan fingerprint density at radius 2 is 1.82 bits per heavy atom. The van der Waals surface area contributed by atoms with Crippen LogP contribution in [0.2, 0.25) is 0 Å². The fourth-order valence-electron chi connectivity index (χ4n) is 4.91. The molecule has 1 aromatic heterocycles.